The highest BCUT2D eigenvalue weighted by Gasteiger charge is 2.17. The van der Waals surface area contributed by atoms with Gasteiger partial charge in [0.2, 0.25) is 5.91 Å². The van der Waals surface area contributed by atoms with Crippen molar-refractivity contribution in [1.82, 2.24) is 10.2 Å². The number of nitrogens with zero attached hydrogens (tertiary/aromatic N) is 1. The summed E-state index contributed by atoms with van der Waals surface area (Å²) in [4.78, 5) is 23.1. The second-order valence-electron chi connectivity index (χ2n) is 2.82. The zero-order valence-electron chi connectivity index (χ0n) is 6.88. The van der Waals surface area contributed by atoms with Crippen molar-refractivity contribution in [2.24, 2.45) is 5.73 Å². The lowest BCUT2D eigenvalue weighted by atomic mass is 10.4. The number of hydrogen-bond donors (Lipinski definition) is 2. The summed E-state index contributed by atoms with van der Waals surface area (Å²) in [5, 5.41) is 2.44. The first-order valence-corrected chi connectivity index (χ1v) is 4.01. The van der Waals surface area contributed by atoms with Crippen LogP contribution in [0.5, 0.6) is 0 Å². The van der Waals surface area contributed by atoms with Crippen LogP contribution in [-0.4, -0.2) is 36.5 Å². The lowest BCUT2D eigenvalue weighted by Crippen LogP contribution is -2.41. The van der Waals surface area contributed by atoms with Crippen LogP contribution in [0.4, 0.5) is 4.79 Å². The molecule has 0 aliphatic carbocycles. The van der Waals surface area contributed by atoms with Gasteiger partial charge in [-0.2, -0.15) is 0 Å². The molecule has 1 aliphatic heterocycles. The molecule has 0 atom stereocenters. The molecule has 0 aromatic carbocycles. The molecule has 0 saturated carbocycles. The lowest BCUT2D eigenvalue weighted by Gasteiger charge is -2.14. The van der Waals surface area contributed by atoms with Crippen molar-refractivity contribution >= 4 is 11.9 Å². The van der Waals surface area contributed by atoms with Gasteiger partial charge in [0.25, 0.3) is 0 Å². The number of nitrogens with two attached hydrogens (primary N) is 1. The molecule has 0 radical (unpaired) electrons. The number of amides is 3. The van der Waals surface area contributed by atoms with Crippen LogP contribution in [0.1, 0.15) is 12.8 Å². The standard InChI is InChI=1S/C7H13N3O2/c8-6(11)5-9-7(12)10-3-1-2-4-10/h1-5H2,(H2,8,11)(H,9,12). The molecule has 3 amide bonds. The molecule has 0 bridgehead atoms. The summed E-state index contributed by atoms with van der Waals surface area (Å²) in [6, 6.07) is -0.189. The third-order valence-electron chi connectivity index (χ3n) is 1.81. The summed E-state index contributed by atoms with van der Waals surface area (Å²) >= 11 is 0. The van der Waals surface area contributed by atoms with Crippen molar-refractivity contribution in [3.8, 4) is 0 Å². The van der Waals surface area contributed by atoms with Gasteiger partial charge in [0.05, 0.1) is 6.54 Å². The van der Waals surface area contributed by atoms with Gasteiger partial charge in [-0.15, -0.1) is 0 Å². The zero-order chi connectivity index (χ0) is 8.97. The Labute approximate surface area is 70.9 Å². The van der Waals surface area contributed by atoms with Crippen molar-refractivity contribution in [3.05, 3.63) is 0 Å². The summed E-state index contributed by atoms with van der Waals surface area (Å²) < 4.78 is 0. The van der Waals surface area contributed by atoms with E-state index in [1.165, 1.54) is 0 Å². The van der Waals surface area contributed by atoms with E-state index >= 15 is 0 Å². The molecular formula is C7H13N3O2. The van der Waals surface area contributed by atoms with Crippen molar-refractivity contribution < 1.29 is 9.59 Å². The Morgan fingerprint density at radius 3 is 2.42 bits per heavy atom. The van der Waals surface area contributed by atoms with Gasteiger partial charge in [-0.1, -0.05) is 0 Å². The van der Waals surface area contributed by atoms with E-state index in [0.29, 0.717) is 0 Å². The molecule has 3 N–H and O–H groups in total. The minimum Gasteiger partial charge on any atom is -0.368 e. The fourth-order valence-electron chi connectivity index (χ4n) is 1.19. The van der Waals surface area contributed by atoms with Crippen LogP contribution in [-0.2, 0) is 4.79 Å². The molecule has 1 heterocycles. The van der Waals surface area contributed by atoms with Gasteiger partial charge in [0, 0.05) is 13.1 Å². The average molecular weight is 171 g/mol. The minimum absolute atomic E-state index is 0.0741. The number of likely N-dealkylation sites (tertiary alicyclic amines) is 1. The monoisotopic (exact) mass is 171 g/mol. The van der Waals surface area contributed by atoms with Crippen LogP contribution >= 0.6 is 0 Å². The van der Waals surface area contributed by atoms with Gasteiger partial charge in [-0.25, -0.2) is 4.79 Å². The topological polar surface area (TPSA) is 75.4 Å². The predicted octanol–water partition coefficient (Wildman–Crippen LogP) is -0.723. The fraction of sp³-hybridized carbons (Fsp3) is 0.714. The molecule has 5 heteroatoms. The molecule has 5 nitrogen and oxygen atoms in total. The number of primary amides is 1. The Morgan fingerprint density at radius 2 is 1.92 bits per heavy atom. The first kappa shape index (κ1) is 8.83. The number of hydrogen-bond acceptors (Lipinski definition) is 2. The van der Waals surface area contributed by atoms with E-state index in [9.17, 15) is 9.59 Å². The second kappa shape index (κ2) is 3.94. The van der Waals surface area contributed by atoms with Gasteiger partial charge in [-0.3, -0.25) is 4.79 Å². The molecule has 1 fully saturated rings. The number of nitrogens with one attached hydrogen (secondary N) is 1. The molecule has 1 saturated heterocycles. The summed E-state index contributed by atoms with van der Waals surface area (Å²) in [5.41, 5.74) is 4.87. The Hall–Kier alpha value is -1.26. The molecule has 0 unspecified atom stereocenters. The molecule has 1 rings (SSSR count). The Balaban J connectivity index is 2.23. The predicted molar refractivity (Wildman–Crippen MR) is 43.4 cm³/mol. The summed E-state index contributed by atoms with van der Waals surface area (Å²) in [5.74, 6) is -0.512. The van der Waals surface area contributed by atoms with Gasteiger partial charge < -0.3 is 16.0 Å². The van der Waals surface area contributed by atoms with Crippen molar-refractivity contribution in [2.75, 3.05) is 19.6 Å². The summed E-state index contributed by atoms with van der Waals surface area (Å²) in [6.45, 7) is 1.49. The molecule has 1 aliphatic rings. The molecule has 68 valence electrons. The summed E-state index contributed by atoms with van der Waals surface area (Å²) in [6.07, 6.45) is 2.09. The number of carbonyl (C=O) groups excluding carboxylic acids is 2. The van der Waals surface area contributed by atoms with Gasteiger partial charge in [-0.05, 0) is 12.8 Å². The van der Waals surface area contributed by atoms with Gasteiger partial charge >= 0.3 is 6.03 Å². The van der Waals surface area contributed by atoms with E-state index in [1.54, 1.807) is 4.90 Å². The van der Waals surface area contributed by atoms with Crippen LogP contribution in [0.2, 0.25) is 0 Å². The van der Waals surface area contributed by atoms with Crippen LogP contribution < -0.4 is 11.1 Å². The Kier molecular flexibility index (Phi) is 2.90. The Bertz CT molecular complexity index is 187. The first-order valence-electron chi connectivity index (χ1n) is 4.01. The van der Waals surface area contributed by atoms with Crippen molar-refractivity contribution in [2.45, 2.75) is 12.8 Å². The average Bonchev–Trinajstić information content (AvgIpc) is 2.51. The van der Waals surface area contributed by atoms with Crippen LogP contribution in [0, 0.1) is 0 Å². The number of carbonyl (C=O) groups is 2. The van der Waals surface area contributed by atoms with Gasteiger partial charge in [0.15, 0.2) is 0 Å². The largest absolute Gasteiger partial charge is 0.368 e. The normalized spacial score (nSPS) is 16.2. The molecule has 0 aromatic rings. The first-order chi connectivity index (χ1) is 5.70. The van der Waals surface area contributed by atoms with E-state index in [-0.39, 0.29) is 12.6 Å². The smallest absolute Gasteiger partial charge is 0.317 e. The summed E-state index contributed by atoms with van der Waals surface area (Å²) in [7, 11) is 0. The van der Waals surface area contributed by atoms with E-state index in [4.69, 9.17) is 5.73 Å². The SMILES string of the molecule is NC(=O)CNC(=O)N1CCCC1. The van der Waals surface area contributed by atoms with E-state index in [1.807, 2.05) is 0 Å². The van der Waals surface area contributed by atoms with Crippen LogP contribution in [0.3, 0.4) is 0 Å². The highest BCUT2D eigenvalue weighted by molar-refractivity contribution is 5.82. The third kappa shape index (κ3) is 2.41. The number of rotatable bonds is 2. The molecule has 12 heavy (non-hydrogen) atoms. The lowest BCUT2D eigenvalue weighted by molar-refractivity contribution is -0.117. The molecule has 0 aromatic heterocycles. The van der Waals surface area contributed by atoms with E-state index < -0.39 is 5.91 Å². The number of urea groups is 1. The van der Waals surface area contributed by atoms with Gasteiger partial charge in [0.1, 0.15) is 0 Å². The zero-order valence-corrected chi connectivity index (χ0v) is 6.88. The van der Waals surface area contributed by atoms with E-state index in [2.05, 4.69) is 5.32 Å². The fourth-order valence-corrected chi connectivity index (χ4v) is 1.19. The van der Waals surface area contributed by atoms with E-state index in [0.717, 1.165) is 25.9 Å². The third-order valence-corrected chi connectivity index (χ3v) is 1.81. The highest BCUT2D eigenvalue weighted by Crippen LogP contribution is 2.06. The van der Waals surface area contributed by atoms with Crippen molar-refractivity contribution in [3.63, 3.8) is 0 Å². The quantitative estimate of drug-likeness (QED) is 0.575. The highest BCUT2D eigenvalue weighted by atomic mass is 16.2. The van der Waals surface area contributed by atoms with Crippen LogP contribution in [0.15, 0.2) is 0 Å². The second-order valence-corrected chi connectivity index (χ2v) is 2.82. The molecule has 0 spiro atoms. The maximum absolute atomic E-state index is 11.2. The minimum atomic E-state index is -0.512. The maximum Gasteiger partial charge on any atom is 0.317 e. The van der Waals surface area contributed by atoms with Crippen LogP contribution in [0.25, 0.3) is 0 Å². The van der Waals surface area contributed by atoms with Crippen molar-refractivity contribution in [1.29, 1.82) is 0 Å². The molecular weight excluding hydrogens is 158 g/mol. The Morgan fingerprint density at radius 1 is 1.33 bits per heavy atom. The maximum atomic E-state index is 11.2.